The Labute approximate surface area is 90.0 Å². The van der Waals surface area contributed by atoms with Gasteiger partial charge in [-0.3, -0.25) is 9.59 Å². The Morgan fingerprint density at radius 2 is 2.13 bits per heavy atom. The first kappa shape index (κ1) is 10.5. The van der Waals surface area contributed by atoms with Crippen molar-refractivity contribution < 1.29 is 9.59 Å². The Balaban J connectivity index is 1.96. The maximum Gasteiger partial charge on any atom is 0.245 e. The second kappa shape index (κ2) is 4.21. The first-order valence-electron chi connectivity index (χ1n) is 5.79. The summed E-state index contributed by atoms with van der Waals surface area (Å²) >= 11 is 0. The molecule has 84 valence electrons. The summed E-state index contributed by atoms with van der Waals surface area (Å²) in [5.41, 5.74) is 0. The molecule has 1 saturated heterocycles. The fraction of sp³-hybridized carbons (Fsp3) is 0.818. The Morgan fingerprint density at radius 3 is 2.73 bits per heavy atom. The zero-order valence-electron chi connectivity index (χ0n) is 9.16. The molecular formula is C11H18N2O2. The number of nitrogens with zero attached hydrogens (tertiary/aromatic N) is 1. The summed E-state index contributed by atoms with van der Waals surface area (Å²) in [5.74, 6) is 0.763. The Bertz CT molecular complexity index is 274. The average Bonchev–Trinajstić information content (AvgIpc) is 2.97. The molecule has 2 rings (SSSR count). The minimum atomic E-state index is -0.269. The summed E-state index contributed by atoms with van der Waals surface area (Å²) in [6, 6.07) is -0.269. The van der Waals surface area contributed by atoms with Crippen LogP contribution in [-0.4, -0.2) is 35.8 Å². The summed E-state index contributed by atoms with van der Waals surface area (Å²) in [5, 5.41) is 2.76. The average molecular weight is 210 g/mol. The molecule has 0 aromatic heterocycles. The summed E-state index contributed by atoms with van der Waals surface area (Å²) in [6.45, 7) is 3.07. The van der Waals surface area contributed by atoms with Gasteiger partial charge in [0.05, 0.1) is 6.54 Å². The van der Waals surface area contributed by atoms with E-state index in [4.69, 9.17) is 0 Å². The lowest BCUT2D eigenvalue weighted by Crippen LogP contribution is -2.58. The molecule has 2 aliphatic rings. The van der Waals surface area contributed by atoms with E-state index in [1.165, 1.54) is 12.8 Å². The topological polar surface area (TPSA) is 49.4 Å². The van der Waals surface area contributed by atoms with Crippen molar-refractivity contribution in [1.29, 1.82) is 0 Å². The van der Waals surface area contributed by atoms with E-state index in [2.05, 4.69) is 5.32 Å². The highest BCUT2D eigenvalue weighted by molar-refractivity contribution is 5.94. The summed E-state index contributed by atoms with van der Waals surface area (Å²) in [7, 11) is 0. The molecule has 4 nitrogen and oxygen atoms in total. The van der Waals surface area contributed by atoms with Gasteiger partial charge in [0.2, 0.25) is 11.8 Å². The lowest BCUT2D eigenvalue weighted by Gasteiger charge is -2.32. The molecule has 0 radical (unpaired) electrons. The molecule has 2 fully saturated rings. The van der Waals surface area contributed by atoms with Gasteiger partial charge in [-0.05, 0) is 25.2 Å². The molecule has 0 aromatic rings. The highest BCUT2D eigenvalue weighted by Gasteiger charge is 2.35. The first-order chi connectivity index (χ1) is 7.20. The third-order valence-electron chi connectivity index (χ3n) is 3.03. The van der Waals surface area contributed by atoms with Crippen molar-refractivity contribution in [2.24, 2.45) is 5.92 Å². The van der Waals surface area contributed by atoms with Gasteiger partial charge in [0.15, 0.2) is 0 Å². The van der Waals surface area contributed by atoms with E-state index in [1.807, 2.05) is 6.92 Å². The monoisotopic (exact) mass is 210 g/mol. The Morgan fingerprint density at radius 1 is 1.40 bits per heavy atom. The lowest BCUT2D eigenvalue weighted by atomic mass is 10.1. The smallest absolute Gasteiger partial charge is 0.245 e. The van der Waals surface area contributed by atoms with Crippen molar-refractivity contribution in [1.82, 2.24) is 10.2 Å². The number of carbonyl (C=O) groups excluding carboxylic acids is 2. The molecule has 1 aliphatic carbocycles. The van der Waals surface area contributed by atoms with E-state index in [0.717, 1.165) is 19.4 Å². The summed E-state index contributed by atoms with van der Waals surface area (Å²) in [6.07, 6.45) is 4.10. The van der Waals surface area contributed by atoms with Crippen LogP contribution in [0.25, 0.3) is 0 Å². The van der Waals surface area contributed by atoms with Gasteiger partial charge in [-0.15, -0.1) is 0 Å². The van der Waals surface area contributed by atoms with Crippen LogP contribution in [0.3, 0.4) is 0 Å². The van der Waals surface area contributed by atoms with Crippen LogP contribution in [0.15, 0.2) is 0 Å². The van der Waals surface area contributed by atoms with Crippen molar-refractivity contribution in [2.75, 3.05) is 13.1 Å². The van der Waals surface area contributed by atoms with Crippen LogP contribution in [0.1, 0.15) is 32.6 Å². The molecule has 1 N–H and O–H groups in total. The number of carbonyl (C=O) groups is 2. The zero-order valence-corrected chi connectivity index (χ0v) is 9.16. The van der Waals surface area contributed by atoms with Crippen LogP contribution in [0, 0.1) is 5.92 Å². The number of hydrogen-bond donors (Lipinski definition) is 1. The highest BCUT2D eigenvalue weighted by Crippen LogP contribution is 2.30. The third kappa shape index (κ3) is 2.49. The summed E-state index contributed by atoms with van der Waals surface area (Å²) in [4.78, 5) is 25.1. The highest BCUT2D eigenvalue weighted by atomic mass is 16.2. The van der Waals surface area contributed by atoms with E-state index < -0.39 is 0 Å². The van der Waals surface area contributed by atoms with Gasteiger partial charge in [-0.2, -0.15) is 0 Å². The number of piperazine rings is 1. The van der Waals surface area contributed by atoms with Crippen LogP contribution in [0.5, 0.6) is 0 Å². The fourth-order valence-electron chi connectivity index (χ4n) is 2.02. The molecule has 15 heavy (non-hydrogen) atoms. The van der Waals surface area contributed by atoms with Crippen LogP contribution < -0.4 is 5.32 Å². The Kier molecular flexibility index (Phi) is 2.93. The van der Waals surface area contributed by atoms with Crippen molar-refractivity contribution in [3.63, 3.8) is 0 Å². The SMILES string of the molecule is CCCC1NC(=O)CN(CC2CC2)C1=O. The predicted molar refractivity (Wildman–Crippen MR) is 56.1 cm³/mol. The molecular weight excluding hydrogens is 192 g/mol. The number of amides is 2. The van der Waals surface area contributed by atoms with E-state index >= 15 is 0 Å². The normalized spacial score (nSPS) is 26.7. The van der Waals surface area contributed by atoms with Crippen LogP contribution in [-0.2, 0) is 9.59 Å². The molecule has 1 saturated carbocycles. The van der Waals surface area contributed by atoms with Crippen molar-refractivity contribution in [2.45, 2.75) is 38.6 Å². The third-order valence-corrected chi connectivity index (χ3v) is 3.03. The second-order valence-electron chi connectivity index (χ2n) is 4.57. The summed E-state index contributed by atoms with van der Waals surface area (Å²) < 4.78 is 0. The van der Waals surface area contributed by atoms with Crippen molar-refractivity contribution in [3.8, 4) is 0 Å². The molecule has 1 aliphatic heterocycles. The van der Waals surface area contributed by atoms with Gasteiger partial charge < -0.3 is 10.2 Å². The van der Waals surface area contributed by atoms with E-state index in [1.54, 1.807) is 4.90 Å². The first-order valence-corrected chi connectivity index (χ1v) is 5.79. The number of hydrogen-bond acceptors (Lipinski definition) is 2. The van der Waals surface area contributed by atoms with Gasteiger partial charge in [0, 0.05) is 6.54 Å². The maximum absolute atomic E-state index is 11.9. The second-order valence-corrected chi connectivity index (χ2v) is 4.57. The molecule has 2 amide bonds. The Hall–Kier alpha value is -1.06. The van der Waals surface area contributed by atoms with Gasteiger partial charge in [0.1, 0.15) is 6.04 Å². The number of rotatable bonds is 4. The molecule has 0 bridgehead atoms. The van der Waals surface area contributed by atoms with E-state index in [9.17, 15) is 9.59 Å². The van der Waals surface area contributed by atoms with E-state index in [0.29, 0.717) is 5.92 Å². The van der Waals surface area contributed by atoms with Gasteiger partial charge in [-0.1, -0.05) is 13.3 Å². The van der Waals surface area contributed by atoms with Crippen LogP contribution in [0.4, 0.5) is 0 Å². The lowest BCUT2D eigenvalue weighted by molar-refractivity contribution is -0.144. The van der Waals surface area contributed by atoms with Crippen LogP contribution in [0.2, 0.25) is 0 Å². The standard InChI is InChI=1S/C11H18N2O2/c1-2-3-9-11(15)13(6-8-4-5-8)7-10(14)12-9/h8-9H,2-7H2,1H3,(H,12,14). The zero-order chi connectivity index (χ0) is 10.8. The van der Waals surface area contributed by atoms with Gasteiger partial charge in [0.25, 0.3) is 0 Å². The minimum Gasteiger partial charge on any atom is -0.343 e. The minimum absolute atomic E-state index is 0.00583. The van der Waals surface area contributed by atoms with E-state index in [-0.39, 0.29) is 24.4 Å². The maximum atomic E-state index is 11.9. The van der Waals surface area contributed by atoms with Crippen LogP contribution >= 0.6 is 0 Å². The molecule has 0 spiro atoms. The molecule has 1 unspecified atom stereocenters. The van der Waals surface area contributed by atoms with Gasteiger partial charge in [-0.25, -0.2) is 0 Å². The molecule has 4 heteroatoms. The fourth-order valence-corrected chi connectivity index (χ4v) is 2.02. The molecule has 1 atom stereocenters. The van der Waals surface area contributed by atoms with Crippen molar-refractivity contribution >= 4 is 11.8 Å². The number of nitrogens with one attached hydrogen (secondary N) is 1. The predicted octanol–water partition coefficient (Wildman–Crippen LogP) is 0.523. The van der Waals surface area contributed by atoms with Gasteiger partial charge >= 0.3 is 0 Å². The molecule has 1 heterocycles. The largest absolute Gasteiger partial charge is 0.343 e. The quantitative estimate of drug-likeness (QED) is 0.735. The molecule has 0 aromatic carbocycles. The van der Waals surface area contributed by atoms with Crippen molar-refractivity contribution in [3.05, 3.63) is 0 Å².